The number of para-hydroxylation sites is 1. The largest absolute Gasteiger partial charge is 0.372 e. The van der Waals surface area contributed by atoms with Crippen molar-refractivity contribution in [3.05, 3.63) is 66.2 Å². The minimum absolute atomic E-state index is 0.539. The van der Waals surface area contributed by atoms with E-state index in [2.05, 4.69) is 97.8 Å². The van der Waals surface area contributed by atoms with E-state index in [1.54, 1.807) is 0 Å². The smallest absolute Gasteiger partial charge is 0.232 e. The third-order valence-electron chi connectivity index (χ3n) is 8.49. The van der Waals surface area contributed by atoms with Crippen molar-refractivity contribution in [3.63, 3.8) is 0 Å². The Labute approximate surface area is 249 Å². The van der Waals surface area contributed by atoms with Gasteiger partial charge in [-0.3, -0.25) is 0 Å². The molecule has 3 saturated heterocycles. The second kappa shape index (κ2) is 12.9. The molecule has 3 aliphatic rings. The van der Waals surface area contributed by atoms with Gasteiger partial charge >= 0.3 is 0 Å². The molecule has 9 heteroatoms. The average Bonchev–Trinajstić information content (AvgIpc) is 3.56. The predicted molar refractivity (Wildman–Crippen MR) is 174 cm³/mol. The molecule has 6 rings (SSSR count). The van der Waals surface area contributed by atoms with Gasteiger partial charge < -0.3 is 30.2 Å². The first-order valence-electron chi connectivity index (χ1n) is 15.2. The van der Waals surface area contributed by atoms with Crippen LogP contribution >= 0.6 is 12.2 Å². The number of hydrogen-bond acceptors (Lipinski definition) is 7. The minimum Gasteiger partial charge on any atom is -0.372 e. The molecule has 3 aromatic rings. The monoisotopic (exact) mass is 570 g/mol. The molecule has 0 aliphatic carbocycles. The van der Waals surface area contributed by atoms with Crippen molar-refractivity contribution in [2.24, 2.45) is 5.92 Å². The highest BCUT2D eigenvalue weighted by molar-refractivity contribution is 7.80. The summed E-state index contributed by atoms with van der Waals surface area (Å²) in [5.41, 5.74) is 3.79. The number of aromatic nitrogens is 2. The fourth-order valence-corrected chi connectivity index (χ4v) is 6.32. The lowest BCUT2D eigenvalue weighted by molar-refractivity contribution is 0.444. The van der Waals surface area contributed by atoms with Crippen LogP contribution in [0.3, 0.4) is 0 Å². The highest BCUT2D eigenvalue weighted by atomic mass is 32.1. The summed E-state index contributed by atoms with van der Waals surface area (Å²) >= 11 is 5.69. The summed E-state index contributed by atoms with van der Waals surface area (Å²) in [6.07, 6.45) is 5.04. The molecule has 1 atom stereocenters. The zero-order chi connectivity index (χ0) is 28.0. The molecule has 1 aromatic heterocycles. The third kappa shape index (κ3) is 7.01. The van der Waals surface area contributed by atoms with E-state index in [-0.39, 0.29) is 0 Å². The van der Waals surface area contributed by atoms with Gasteiger partial charge in [0.05, 0.1) is 0 Å². The predicted octanol–water partition coefficient (Wildman–Crippen LogP) is 5.13. The van der Waals surface area contributed by atoms with Gasteiger partial charge in [0.15, 0.2) is 5.11 Å². The van der Waals surface area contributed by atoms with Crippen LogP contribution in [0.1, 0.15) is 38.2 Å². The molecule has 8 nitrogen and oxygen atoms in total. The fraction of sp³-hybridized carbons (Fsp3) is 0.469. The molecule has 2 aromatic carbocycles. The maximum atomic E-state index is 5.69. The second-order valence-electron chi connectivity index (χ2n) is 11.6. The lowest BCUT2D eigenvalue weighted by Crippen LogP contribution is -2.47. The van der Waals surface area contributed by atoms with Crippen LogP contribution in [0.4, 0.5) is 29.0 Å². The summed E-state index contributed by atoms with van der Waals surface area (Å²) in [7, 11) is 0. The van der Waals surface area contributed by atoms with Gasteiger partial charge in [0.25, 0.3) is 0 Å². The first kappa shape index (κ1) is 27.6. The van der Waals surface area contributed by atoms with Crippen molar-refractivity contribution in [1.29, 1.82) is 0 Å². The summed E-state index contributed by atoms with van der Waals surface area (Å²) in [6.45, 7) is 11.1. The van der Waals surface area contributed by atoms with Crippen LogP contribution in [0.15, 0.2) is 60.7 Å². The molecule has 0 spiro atoms. The summed E-state index contributed by atoms with van der Waals surface area (Å²) in [5.74, 6) is 3.16. The fourth-order valence-electron chi connectivity index (χ4n) is 6.16. The Morgan fingerprint density at radius 2 is 1.37 bits per heavy atom. The Balaban J connectivity index is 1.12. The zero-order valence-electron chi connectivity index (χ0n) is 24.1. The molecule has 0 saturated carbocycles. The molecule has 3 aliphatic heterocycles. The van der Waals surface area contributed by atoms with E-state index in [0.29, 0.717) is 23.5 Å². The van der Waals surface area contributed by atoms with E-state index < -0.39 is 0 Å². The van der Waals surface area contributed by atoms with Crippen molar-refractivity contribution in [1.82, 2.24) is 15.3 Å². The lowest BCUT2D eigenvalue weighted by Gasteiger charge is -2.37. The number of nitrogens with one attached hydrogen (secondary N) is 2. The summed E-state index contributed by atoms with van der Waals surface area (Å²) < 4.78 is 0. The molecule has 0 unspecified atom stereocenters. The molecule has 2 N–H and O–H groups in total. The van der Waals surface area contributed by atoms with Crippen LogP contribution in [-0.2, 0) is 6.54 Å². The Morgan fingerprint density at radius 3 is 2.07 bits per heavy atom. The Hall–Kier alpha value is -3.59. The Bertz CT molecular complexity index is 1290. The van der Waals surface area contributed by atoms with Gasteiger partial charge in [-0.25, -0.2) is 0 Å². The van der Waals surface area contributed by atoms with E-state index in [1.165, 1.54) is 42.6 Å². The van der Waals surface area contributed by atoms with Gasteiger partial charge in [0.1, 0.15) is 11.6 Å². The molecule has 0 bridgehead atoms. The zero-order valence-corrected chi connectivity index (χ0v) is 25.0. The van der Waals surface area contributed by atoms with E-state index in [1.807, 2.05) is 0 Å². The van der Waals surface area contributed by atoms with Crippen molar-refractivity contribution in [2.75, 3.05) is 77.3 Å². The number of hydrogen-bond donors (Lipinski definition) is 2. The SMILES string of the molecule is C[C@@H]1CCCN(c2cc(N3CCN(c4ccccc4)CC3)nc(NC(=S)NCc3ccc(N4CCCC4)cc3)n2)C1. The Kier molecular flexibility index (Phi) is 8.70. The molecular formula is C32H42N8S. The van der Waals surface area contributed by atoms with Gasteiger partial charge in [-0.05, 0) is 73.6 Å². The third-order valence-corrected chi connectivity index (χ3v) is 8.74. The summed E-state index contributed by atoms with van der Waals surface area (Å²) in [5, 5.41) is 7.20. The van der Waals surface area contributed by atoms with Crippen LogP contribution in [0.2, 0.25) is 0 Å². The molecule has 4 heterocycles. The standard InChI is InChI=1S/C32H42N8S/c1-25-8-7-17-40(24-25)30-22-29(39-20-18-38(19-21-39)27-9-3-2-4-10-27)34-31(35-30)36-32(41)33-23-26-11-13-28(14-12-26)37-15-5-6-16-37/h2-4,9-14,22,25H,5-8,15-21,23-24H2,1H3,(H2,33,34,35,36,41)/t25-/m1/s1. The first-order chi connectivity index (χ1) is 20.1. The average molecular weight is 571 g/mol. The van der Waals surface area contributed by atoms with Gasteiger partial charge in [-0.15, -0.1) is 0 Å². The highest BCUT2D eigenvalue weighted by Crippen LogP contribution is 2.27. The van der Waals surface area contributed by atoms with Crippen LogP contribution in [0.5, 0.6) is 0 Å². The molecular weight excluding hydrogens is 528 g/mol. The number of benzene rings is 2. The number of thiocarbonyl (C=S) groups is 1. The van der Waals surface area contributed by atoms with E-state index in [0.717, 1.165) is 64.0 Å². The number of anilines is 5. The number of rotatable bonds is 7. The van der Waals surface area contributed by atoms with Crippen molar-refractivity contribution in [2.45, 2.75) is 39.2 Å². The quantitative estimate of drug-likeness (QED) is 0.377. The van der Waals surface area contributed by atoms with Gasteiger partial charge in [-0.2, -0.15) is 9.97 Å². The maximum Gasteiger partial charge on any atom is 0.232 e. The van der Waals surface area contributed by atoms with Gasteiger partial charge in [0, 0.05) is 76.3 Å². The lowest BCUT2D eigenvalue weighted by atomic mass is 10.0. The molecule has 3 fully saturated rings. The number of piperazine rings is 1. The van der Waals surface area contributed by atoms with Crippen molar-refractivity contribution < 1.29 is 0 Å². The summed E-state index contributed by atoms with van der Waals surface area (Å²) in [4.78, 5) is 19.6. The van der Waals surface area contributed by atoms with E-state index in [9.17, 15) is 0 Å². The van der Waals surface area contributed by atoms with E-state index >= 15 is 0 Å². The van der Waals surface area contributed by atoms with E-state index in [4.69, 9.17) is 22.2 Å². The number of nitrogens with zero attached hydrogens (tertiary/aromatic N) is 6. The van der Waals surface area contributed by atoms with Crippen molar-refractivity contribution >= 4 is 46.3 Å². The molecule has 216 valence electrons. The topological polar surface area (TPSA) is 62.8 Å². The van der Waals surface area contributed by atoms with Crippen LogP contribution in [0, 0.1) is 5.92 Å². The van der Waals surface area contributed by atoms with Crippen LogP contribution < -0.4 is 30.2 Å². The molecule has 41 heavy (non-hydrogen) atoms. The molecule has 0 amide bonds. The van der Waals surface area contributed by atoms with Crippen LogP contribution in [-0.4, -0.2) is 67.4 Å². The van der Waals surface area contributed by atoms with Crippen LogP contribution in [0.25, 0.3) is 0 Å². The normalized spacial score (nSPS) is 19.4. The minimum atomic E-state index is 0.539. The number of piperidine rings is 1. The maximum absolute atomic E-state index is 5.69. The first-order valence-corrected chi connectivity index (χ1v) is 15.6. The van der Waals surface area contributed by atoms with Crippen molar-refractivity contribution in [3.8, 4) is 0 Å². The molecule has 0 radical (unpaired) electrons. The highest BCUT2D eigenvalue weighted by Gasteiger charge is 2.23. The second-order valence-corrected chi connectivity index (χ2v) is 12.0. The van der Waals surface area contributed by atoms with Gasteiger partial charge in [-0.1, -0.05) is 37.3 Å². The Morgan fingerprint density at radius 1 is 0.756 bits per heavy atom. The summed E-state index contributed by atoms with van der Waals surface area (Å²) in [6, 6.07) is 21.6. The van der Waals surface area contributed by atoms with Gasteiger partial charge in [0.2, 0.25) is 5.95 Å².